The van der Waals surface area contributed by atoms with Crippen LogP contribution in [0, 0.1) is 0 Å². The van der Waals surface area contributed by atoms with Crippen molar-refractivity contribution in [3.63, 3.8) is 0 Å². The third-order valence-corrected chi connectivity index (χ3v) is 18.7. The molecule has 2 aliphatic heterocycles. The van der Waals surface area contributed by atoms with E-state index < -0.39 is 8.07 Å². The monoisotopic (exact) mass is 737 g/mol. The van der Waals surface area contributed by atoms with E-state index in [1.165, 1.54) is 52.1 Å². The first-order chi connectivity index (χ1) is 22.6. The number of ketones is 2. The number of benzene rings is 5. The SMILES string of the molecule is O=C1/C(=C\c2ccc(N3c4ccccc4[Si]4(c5ccccc5-c5ccccc54)c4ccccc43)[se]2)C(=O)c2cc3[se]ccc3cc21. The van der Waals surface area contributed by atoms with Crippen molar-refractivity contribution in [2.75, 3.05) is 4.90 Å². The Morgan fingerprint density at radius 3 is 1.78 bits per heavy atom. The van der Waals surface area contributed by atoms with Crippen molar-refractivity contribution in [3.05, 3.63) is 153 Å². The fraction of sp³-hybridized carbons (Fsp3) is 0. The van der Waals surface area contributed by atoms with Crippen LogP contribution in [0.1, 0.15) is 25.2 Å². The maximum absolute atomic E-state index is 13.5. The van der Waals surface area contributed by atoms with Crippen LogP contribution in [0.4, 0.5) is 15.9 Å². The van der Waals surface area contributed by atoms with Gasteiger partial charge in [0.25, 0.3) is 0 Å². The van der Waals surface area contributed by atoms with Crippen LogP contribution in [-0.2, 0) is 0 Å². The van der Waals surface area contributed by atoms with Crippen molar-refractivity contribution >= 4 is 101 Å². The number of fused-ring (bicyclic) bond motifs is 11. The van der Waals surface area contributed by atoms with Gasteiger partial charge in [0.15, 0.2) is 0 Å². The minimum atomic E-state index is -2.59. The van der Waals surface area contributed by atoms with E-state index in [0.29, 0.717) is 16.7 Å². The molecule has 0 N–H and O–H groups in total. The number of hydrogen-bond acceptors (Lipinski definition) is 3. The van der Waals surface area contributed by atoms with E-state index >= 15 is 0 Å². The van der Waals surface area contributed by atoms with Gasteiger partial charge >= 0.3 is 280 Å². The second-order valence-electron chi connectivity index (χ2n) is 12.0. The molecule has 7 aromatic rings. The van der Waals surface area contributed by atoms with Gasteiger partial charge in [0.2, 0.25) is 0 Å². The molecule has 4 heterocycles. The summed E-state index contributed by atoms with van der Waals surface area (Å²) in [6, 6.07) is 46.1. The molecule has 1 spiro atoms. The van der Waals surface area contributed by atoms with E-state index in [0.717, 1.165) is 9.82 Å². The Morgan fingerprint density at radius 1 is 0.565 bits per heavy atom. The number of nitrogens with zero attached hydrogens (tertiary/aromatic N) is 1. The Morgan fingerprint density at radius 2 is 1.13 bits per heavy atom. The van der Waals surface area contributed by atoms with Crippen molar-refractivity contribution < 1.29 is 9.59 Å². The molecule has 0 unspecified atom stereocenters. The Bertz CT molecular complexity index is 2360. The van der Waals surface area contributed by atoms with Crippen molar-refractivity contribution in [2.24, 2.45) is 0 Å². The number of Topliss-reactive ketones (excluding diaryl/α,β-unsaturated/α-hetero) is 2. The summed E-state index contributed by atoms with van der Waals surface area (Å²) < 4.78 is 3.41. The summed E-state index contributed by atoms with van der Waals surface area (Å²) in [5, 5.41) is 6.77. The van der Waals surface area contributed by atoms with E-state index in [1.807, 2.05) is 18.2 Å². The van der Waals surface area contributed by atoms with Gasteiger partial charge in [-0.25, -0.2) is 0 Å². The fourth-order valence-corrected chi connectivity index (χ4v) is 17.2. The Balaban J connectivity index is 1.14. The average Bonchev–Trinajstić information content (AvgIpc) is 3.87. The van der Waals surface area contributed by atoms with Gasteiger partial charge in [0, 0.05) is 0 Å². The molecule has 0 fully saturated rings. The zero-order valence-corrected chi connectivity index (χ0v) is 28.8. The van der Waals surface area contributed by atoms with Gasteiger partial charge in [-0.3, -0.25) is 0 Å². The summed E-state index contributed by atoms with van der Waals surface area (Å²) in [5.74, 6) is -0.295. The van der Waals surface area contributed by atoms with Gasteiger partial charge in [0.05, 0.1) is 0 Å². The van der Waals surface area contributed by atoms with Crippen molar-refractivity contribution in [1.82, 2.24) is 0 Å². The van der Waals surface area contributed by atoms with E-state index in [1.54, 1.807) is 0 Å². The third kappa shape index (κ3) is 3.43. The molecule has 0 amide bonds. The zero-order valence-electron chi connectivity index (χ0n) is 24.4. The topological polar surface area (TPSA) is 37.4 Å². The normalized spacial score (nSPS) is 16.1. The number of carbonyl (C=O) groups excluding carboxylic acids is 2. The maximum atomic E-state index is 13.5. The van der Waals surface area contributed by atoms with Gasteiger partial charge in [-0.1, -0.05) is 0 Å². The van der Waals surface area contributed by atoms with Crippen LogP contribution in [0.3, 0.4) is 0 Å². The molecule has 46 heavy (non-hydrogen) atoms. The van der Waals surface area contributed by atoms with E-state index in [9.17, 15) is 9.59 Å². The van der Waals surface area contributed by atoms with Crippen LogP contribution >= 0.6 is 0 Å². The summed E-state index contributed by atoms with van der Waals surface area (Å²) in [6.45, 7) is 0. The Labute approximate surface area is 278 Å². The first-order valence-electron chi connectivity index (χ1n) is 15.3. The summed E-state index contributed by atoms with van der Waals surface area (Å²) in [4.78, 5) is 31.6. The number of para-hydroxylation sites is 2. The molecule has 1 aliphatic carbocycles. The van der Waals surface area contributed by atoms with Crippen LogP contribution in [0.15, 0.2) is 138 Å². The second-order valence-corrected chi connectivity index (χ2v) is 19.9. The quantitative estimate of drug-likeness (QED) is 0.133. The van der Waals surface area contributed by atoms with Crippen molar-refractivity contribution in [3.8, 4) is 11.1 Å². The molecule has 2 aromatic heterocycles. The van der Waals surface area contributed by atoms with E-state index in [2.05, 4.69) is 125 Å². The molecule has 0 bridgehead atoms. The van der Waals surface area contributed by atoms with E-state index in [4.69, 9.17) is 0 Å². The summed E-state index contributed by atoms with van der Waals surface area (Å²) in [6.07, 6.45) is 1.86. The number of anilines is 3. The molecular formula is C40H23NO2Se2Si. The third-order valence-electron chi connectivity index (χ3n) is 9.74. The molecule has 10 rings (SSSR count). The molecule has 5 aromatic carbocycles. The molecule has 6 heteroatoms. The van der Waals surface area contributed by atoms with Gasteiger partial charge in [-0.05, 0) is 0 Å². The standard InChI is InChI=1S/C40H23NO2Se2Si/c42-39-28-21-24-19-20-44-33(24)23-29(28)40(43)30(39)22-25-17-18-38(45-25)41-31-11-3-7-15-36(31)46(37-16-8-4-12-32(37)41)34-13-5-1-9-26(34)27-10-2-6-14-35(27)46/h1-23H/b30-22+. The second kappa shape index (κ2) is 9.73. The van der Waals surface area contributed by atoms with Crippen LogP contribution < -0.4 is 25.6 Å². The molecule has 216 valence electrons. The predicted octanol–water partition coefficient (Wildman–Crippen LogP) is 5.56. The van der Waals surface area contributed by atoms with Gasteiger partial charge in [-0.15, -0.1) is 0 Å². The van der Waals surface area contributed by atoms with Crippen molar-refractivity contribution in [1.29, 1.82) is 0 Å². The van der Waals surface area contributed by atoms with Crippen LogP contribution in [0.5, 0.6) is 0 Å². The molecule has 0 atom stereocenters. The van der Waals surface area contributed by atoms with Gasteiger partial charge < -0.3 is 0 Å². The summed E-state index contributed by atoms with van der Waals surface area (Å²) in [5.41, 5.74) is 6.53. The molecule has 0 saturated carbocycles. The summed E-state index contributed by atoms with van der Waals surface area (Å²) >= 11 is 0.120. The molecular weight excluding hydrogens is 712 g/mol. The summed E-state index contributed by atoms with van der Waals surface area (Å²) in [7, 11) is -2.59. The van der Waals surface area contributed by atoms with E-state index in [-0.39, 0.29) is 40.6 Å². The molecule has 0 saturated heterocycles. The average molecular weight is 736 g/mol. The number of carbonyl (C=O) groups is 2. The fourth-order valence-electron chi connectivity index (χ4n) is 7.89. The number of allylic oxidation sites excluding steroid dienone is 1. The minimum absolute atomic E-state index is 0.103. The van der Waals surface area contributed by atoms with Crippen molar-refractivity contribution in [2.45, 2.75) is 0 Å². The van der Waals surface area contributed by atoms with Gasteiger partial charge in [0.1, 0.15) is 0 Å². The van der Waals surface area contributed by atoms with Gasteiger partial charge in [-0.2, -0.15) is 0 Å². The van der Waals surface area contributed by atoms with Crippen LogP contribution in [0.25, 0.3) is 26.8 Å². The predicted molar refractivity (Wildman–Crippen MR) is 192 cm³/mol. The van der Waals surface area contributed by atoms with Crippen LogP contribution in [-0.4, -0.2) is 48.6 Å². The molecule has 3 nitrogen and oxygen atoms in total. The van der Waals surface area contributed by atoms with Crippen LogP contribution in [0.2, 0.25) is 0 Å². The zero-order chi connectivity index (χ0) is 30.6. The Hall–Kier alpha value is -4.54. The number of hydrogen-bond donors (Lipinski definition) is 0. The molecule has 0 radical (unpaired) electrons. The molecule has 3 aliphatic rings. The number of rotatable bonds is 2. The first kappa shape index (κ1) is 26.7. The Kier molecular flexibility index (Phi) is 5.64. The first-order valence-corrected chi connectivity index (χ1v) is 20.8.